The fourth-order valence-corrected chi connectivity index (χ4v) is 3.10. The molecule has 0 saturated heterocycles. The van der Waals surface area contributed by atoms with Gasteiger partial charge in [0.05, 0.1) is 17.8 Å². The van der Waals surface area contributed by atoms with Gasteiger partial charge in [-0.1, -0.05) is 41.9 Å². The molecule has 0 atom stereocenters. The van der Waals surface area contributed by atoms with Gasteiger partial charge in [0.25, 0.3) is 0 Å². The van der Waals surface area contributed by atoms with Gasteiger partial charge in [-0.3, -0.25) is 9.59 Å². The molecule has 2 aromatic carbocycles. The van der Waals surface area contributed by atoms with E-state index in [1.54, 1.807) is 11.0 Å². The van der Waals surface area contributed by atoms with Gasteiger partial charge in [0.1, 0.15) is 0 Å². The van der Waals surface area contributed by atoms with Crippen LogP contribution in [-0.4, -0.2) is 18.4 Å². The molecule has 0 saturated carbocycles. The summed E-state index contributed by atoms with van der Waals surface area (Å²) in [6, 6.07) is 13.1. The van der Waals surface area contributed by atoms with Crippen LogP contribution >= 0.6 is 11.6 Å². The Kier molecular flexibility index (Phi) is 4.35. The molecule has 118 valence electrons. The van der Waals surface area contributed by atoms with Crippen LogP contribution in [0.1, 0.15) is 18.1 Å². The Morgan fingerprint density at radius 2 is 1.96 bits per heavy atom. The molecule has 4 nitrogen and oxygen atoms in total. The second-order valence-electron chi connectivity index (χ2n) is 5.56. The van der Waals surface area contributed by atoms with Crippen molar-refractivity contribution in [3.63, 3.8) is 0 Å². The first-order valence-electron chi connectivity index (χ1n) is 7.49. The van der Waals surface area contributed by atoms with Gasteiger partial charge in [0.2, 0.25) is 11.8 Å². The maximum absolute atomic E-state index is 12.7. The molecule has 5 heteroatoms. The van der Waals surface area contributed by atoms with Crippen LogP contribution in [0.15, 0.2) is 42.5 Å². The van der Waals surface area contributed by atoms with E-state index in [0.29, 0.717) is 17.3 Å². The molecule has 0 fully saturated rings. The van der Waals surface area contributed by atoms with E-state index >= 15 is 0 Å². The number of carbonyl (C=O) groups excluding carboxylic acids is 2. The van der Waals surface area contributed by atoms with Crippen LogP contribution in [0.5, 0.6) is 0 Å². The summed E-state index contributed by atoms with van der Waals surface area (Å²) < 4.78 is 0. The summed E-state index contributed by atoms with van der Waals surface area (Å²) in [5.41, 5.74) is 3.37. The Hall–Kier alpha value is -2.33. The first-order chi connectivity index (χ1) is 11.1. The van der Waals surface area contributed by atoms with Crippen LogP contribution in [0, 0.1) is 0 Å². The number of amides is 2. The number of benzene rings is 2. The van der Waals surface area contributed by atoms with Crippen molar-refractivity contribution in [3.8, 4) is 0 Å². The Bertz CT molecular complexity index is 773. The van der Waals surface area contributed by atoms with Gasteiger partial charge in [-0.2, -0.15) is 0 Å². The van der Waals surface area contributed by atoms with Crippen LogP contribution in [-0.2, 0) is 22.4 Å². The summed E-state index contributed by atoms with van der Waals surface area (Å²) in [6.45, 7) is 2.08. The van der Waals surface area contributed by atoms with E-state index in [9.17, 15) is 9.59 Å². The maximum atomic E-state index is 12.7. The molecule has 2 aromatic rings. The third-order valence-electron chi connectivity index (χ3n) is 3.91. The largest absolute Gasteiger partial charge is 0.325 e. The van der Waals surface area contributed by atoms with Crippen molar-refractivity contribution >= 4 is 34.8 Å². The quantitative estimate of drug-likeness (QED) is 0.938. The normalized spacial score (nSPS) is 12.9. The van der Waals surface area contributed by atoms with E-state index in [1.807, 2.05) is 36.4 Å². The second-order valence-corrected chi connectivity index (χ2v) is 5.97. The summed E-state index contributed by atoms with van der Waals surface area (Å²) in [7, 11) is 0. The molecular weight excluding hydrogens is 312 g/mol. The number of hydrogen-bond acceptors (Lipinski definition) is 2. The smallest absolute Gasteiger partial charge is 0.231 e. The average Bonchev–Trinajstić information content (AvgIpc) is 2.94. The molecule has 0 aromatic heterocycles. The minimum atomic E-state index is -0.149. The van der Waals surface area contributed by atoms with Crippen molar-refractivity contribution in [2.24, 2.45) is 0 Å². The predicted molar refractivity (Wildman–Crippen MR) is 92.0 cm³/mol. The van der Waals surface area contributed by atoms with Crippen molar-refractivity contribution in [1.82, 2.24) is 0 Å². The Balaban J connectivity index is 1.88. The van der Waals surface area contributed by atoms with Gasteiger partial charge in [0, 0.05) is 18.5 Å². The number of rotatable bonds is 3. The van der Waals surface area contributed by atoms with Crippen molar-refractivity contribution in [2.45, 2.75) is 19.8 Å². The van der Waals surface area contributed by atoms with Gasteiger partial charge in [0.15, 0.2) is 0 Å². The highest BCUT2D eigenvalue weighted by molar-refractivity contribution is 6.31. The lowest BCUT2D eigenvalue weighted by molar-refractivity contribution is -0.118. The zero-order valence-electron chi connectivity index (χ0n) is 12.8. The zero-order chi connectivity index (χ0) is 16.4. The third-order valence-corrected chi connectivity index (χ3v) is 4.27. The van der Waals surface area contributed by atoms with Crippen LogP contribution in [0.4, 0.5) is 11.4 Å². The van der Waals surface area contributed by atoms with Crippen LogP contribution in [0.25, 0.3) is 0 Å². The summed E-state index contributed by atoms with van der Waals surface area (Å²) in [6.07, 6.45) is 1.03. The molecule has 0 bridgehead atoms. The standard InChI is InChI=1S/C18H17ClN2O2/c1-12(22)20-16-8-4-6-13-9-10-21(18(13)16)17(23)11-14-5-2-3-7-15(14)19/h2-8H,9-11H2,1H3,(H,20,22). The summed E-state index contributed by atoms with van der Waals surface area (Å²) >= 11 is 6.15. The minimum absolute atomic E-state index is 0.0188. The lowest BCUT2D eigenvalue weighted by Crippen LogP contribution is -2.31. The summed E-state index contributed by atoms with van der Waals surface area (Å²) in [5, 5.41) is 3.40. The molecule has 0 spiro atoms. The minimum Gasteiger partial charge on any atom is -0.325 e. The van der Waals surface area contributed by atoms with E-state index < -0.39 is 0 Å². The average molecular weight is 329 g/mol. The molecule has 23 heavy (non-hydrogen) atoms. The molecule has 0 radical (unpaired) electrons. The Labute approximate surface area is 140 Å². The van der Waals surface area contributed by atoms with Gasteiger partial charge >= 0.3 is 0 Å². The summed E-state index contributed by atoms with van der Waals surface area (Å²) in [4.78, 5) is 25.9. The van der Waals surface area contributed by atoms with Crippen molar-refractivity contribution in [1.29, 1.82) is 0 Å². The van der Waals surface area contributed by atoms with Gasteiger partial charge in [-0.15, -0.1) is 0 Å². The van der Waals surface area contributed by atoms with Crippen LogP contribution < -0.4 is 10.2 Å². The molecular formula is C18H17ClN2O2. The van der Waals surface area contributed by atoms with Crippen molar-refractivity contribution in [2.75, 3.05) is 16.8 Å². The maximum Gasteiger partial charge on any atom is 0.231 e. The van der Waals surface area contributed by atoms with E-state index in [2.05, 4.69) is 5.32 Å². The predicted octanol–water partition coefficient (Wildman–Crippen LogP) is 3.43. The van der Waals surface area contributed by atoms with Crippen molar-refractivity contribution < 1.29 is 9.59 Å². The molecule has 1 aliphatic heterocycles. The molecule has 2 amide bonds. The van der Waals surface area contributed by atoms with Crippen LogP contribution in [0.3, 0.4) is 0 Å². The number of nitrogens with one attached hydrogen (secondary N) is 1. The number of para-hydroxylation sites is 1. The lowest BCUT2D eigenvalue weighted by Gasteiger charge is -2.21. The van der Waals surface area contributed by atoms with E-state index in [4.69, 9.17) is 11.6 Å². The highest BCUT2D eigenvalue weighted by Gasteiger charge is 2.27. The van der Waals surface area contributed by atoms with Crippen LogP contribution in [0.2, 0.25) is 5.02 Å². The number of hydrogen-bond donors (Lipinski definition) is 1. The molecule has 1 heterocycles. The number of anilines is 2. The molecule has 0 aliphatic carbocycles. The van der Waals surface area contributed by atoms with Gasteiger partial charge in [-0.05, 0) is 29.7 Å². The zero-order valence-corrected chi connectivity index (χ0v) is 13.6. The second kappa shape index (κ2) is 6.42. The highest BCUT2D eigenvalue weighted by Crippen LogP contribution is 2.36. The highest BCUT2D eigenvalue weighted by atomic mass is 35.5. The lowest BCUT2D eigenvalue weighted by atomic mass is 10.1. The first kappa shape index (κ1) is 15.6. The number of carbonyl (C=O) groups is 2. The monoisotopic (exact) mass is 328 g/mol. The van der Waals surface area contributed by atoms with Gasteiger partial charge in [-0.25, -0.2) is 0 Å². The Morgan fingerprint density at radius 1 is 1.17 bits per heavy atom. The molecule has 1 aliphatic rings. The SMILES string of the molecule is CC(=O)Nc1cccc2c1N(C(=O)Cc1ccccc1Cl)CC2. The number of fused-ring (bicyclic) bond motifs is 1. The van der Waals surface area contributed by atoms with Crippen molar-refractivity contribution in [3.05, 3.63) is 58.6 Å². The topological polar surface area (TPSA) is 49.4 Å². The van der Waals surface area contributed by atoms with E-state index in [-0.39, 0.29) is 18.2 Å². The van der Waals surface area contributed by atoms with Gasteiger partial charge < -0.3 is 10.2 Å². The third kappa shape index (κ3) is 3.22. The van der Waals surface area contributed by atoms with E-state index in [0.717, 1.165) is 23.2 Å². The fraction of sp³-hybridized carbons (Fsp3) is 0.222. The van der Waals surface area contributed by atoms with E-state index in [1.165, 1.54) is 6.92 Å². The number of halogens is 1. The first-order valence-corrected chi connectivity index (χ1v) is 7.87. The summed E-state index contributed by atoms with van der Waals surface area (Å²) in [5.74, 6) is -0.168. The molecule has 1 N–H and O–H groups in total. The Morgan fingerprint density at radius 3 is 2.70 bits per heavy atom. The fourth-order valence-electron chi connectivity index (χ4n) is 2.90. The number of nitrogens with zero attached hydrogens (tertiary/aromatic N) is 1. The molecule has 0 unspecified atom stereocenters. The molecule has 3 rings (SSSR count).